The number of aryl methyl sites for hydroxylation is 1. The zero-order chi connectivity index (χ0) is 20.4. The maximum atomic E-state index is 13.3. The summed E-state index contributed by atoms with van der Waals surface area (Å²) in [6.45, 7) is 1.87. The molecule has 0 aliphatic carbocycles. The Kier molecular flexibility index (Phi) is 5.60. The van der Waals surface area contributed by atoms with Crippen molar-refractivity contribution in [1.29, 1.82) is 0 Å². The number of hydrogen-bond donors (Lipinski definition) is 1. The summed E-state index contributed by atoms with van der Waals surface area (Å²) in [7, 11) is 2.22. The van der Waals surface area contributed by atoms with Crippen LogP contribution >= 0.6 is 0 Å². The number of halogens is 3. The Morgan fingerprint density at radius 1 is 1.00 bits per heavy atom. The van der Waals surface area contributed by atoms with Crippen LogP contribution in [-0.2, 0) is 15.1 Å². The fourth-order valence-corrected chi connectivity index (χ4v) is 2.48. The maximum absolute atomic E-state index is 13.3. The highest BCUT2D eigenvalue weighted by Crippen LogP contribution is 2.40. The molecule has 0 aliphatic rings. The van der Waals surface area contributed by atoms with Crippen LogP contribution in [-0.4, -0.2) is 37.3 Å². The van der Waals surface area contributed by atoms with Crippen LogP contribution in [0.2, 0.25) is 0 Å². The van der Waals surface area contributed by atoms with Crippen molar-refractivity contribution in [2.45, 2.75) is 18.7 Å². The highest BCUT2D eigenvalue weighted by Gasteiger charge is 2.62. The van der Waals surface area contributed by atoms with Crippen molar-refractivity contribution in [2.75, 3.05) is 19.1 Å². The molecule has 0 unspecified atom stereocenters. The molecule has 27 heavy (non-hydrogen) atoms. The third kappa shape index (κ3) is 3.80. The van der Waals surface area contributed by atoms with Crippen LogP contribution in [0.15, 0.2) is 48.5 Å². The first-order valence-electron chi connectivity index (χ1n) is 7.85. The number of methoxy groups -OCH3 is 1. The van der Waals surface area contributed by atoms with E-state index in [-0.39, 0.29) is 5.91 Å². The summed E-state index contributed by atoms with van der Waals surface area (Å²) in [6.07, 6.45) is -5.27. The van der Waals surface area contributed by atoms with Crippen molar-refractivity contribution in [3.63, 3.8) is 0 Å². The molecule has 0 fully saturated rings. The second-order valence-electron chi connectivity index (χ2n) is 5.98. The van der Waals surface area contributed by atoms with E-state index in [1.54, 1.807) is 24.3 Å². The lowest BCUT2D eigenvalue weighted by atomic mass is 9.93. The van der Waals surface area contributed by atoms with E-state index in [1.165, 1.54) is 24.1 Å². The van der Waals surface area contributed by atoms with Crippen LogP contribution in [0.1, 0.15) is 21.5 Å². The van der Waals surface area contributed by atoms with Gasteiger partial charge in [-0.2, -0.15) is 13.2 Å². The number of alkyl halides is 3. The van der Waals surface area contributed by atoms with Gasteiger partial charge in [0.25, 0.3) is 11.5 Å². The minimum Gasteiger partial charge on any atom is -0.466 e. The number of rotatable bonds is 4. The minimum absolute atomic E-state index is 0.290. The molecule has 0 spiro atoms. The van der Waals surface area contributed by atoms with Crippen LogP contribution in [0.4, 0.5) is 18.9 Å². The van der Waals surface area contributed by atoms with E-state index < -0.39 is 23.3 Å². The Morgan fingerprint density at radius 3 is 1.96 bits per heavy atom. The van der Waals surface area contributed by atoms with Crippen molar-refractivity contribution in [2.24, 2.45) is 0 Å². The standard InChI is InChI=1S/C19H18F3NO4/c1-12-4-6-13(7-5-12)16(24)23(2)15-10-8-14(9-11-15)18(26,17(25)27-3)19(20,21)22/h4-11,26H,1-3H3/t18-/m1/s1. The van der Waals surface area contributed by atoms with E-state index in [0.717, 1.165) is 24.8 Å². The predicted molar refractivity (Wildman–Crippen MR) is 92.3 cm³/mol. The zero-order valence-electron chi connectivity index (χ0n) is 14.9. The summed E-state index contributed by atoms with van der Waals surface area (Å²) < 4.78 is 43.9. The second-order valence-corrected chi connectivity index (χ2v) is 5.98. The molecule has 5 nitrogen and oxygen atoms in total. The number of carbonyl (C=O) groups excluding carboxylic acids is 2. The molecule has 2 aromatic carbocycles. The lowest BCUT2D eigenvalue weighted by Gasteiger charge is -2.28. The first-order chi connectivity index (χ1) is 12.5. The molecular formula is C19H18F3NO4. The molecule has 0 aromatic heterocycles. The van der Waals surface area contributed by atoms with Gasteiger partial charge in [-0.25, -0.2) is 4.79 Å². The molecular weight excluding hydrogens is 363 g/mol. The molecule has 0 bridgehead atoms. The summed E-state index contributed by atoms with van der Waals surface area (Å²) >= 11 is 0. The van der Waals surface area contributed by atoms with Crippen molar-refractivity contribution < 1.29 is 32.6 Å². The molecule has 0 aliphatic heterocycles. The summed E-state index contributed by atoms with van der Waals surface area (Å²) in [5.74, 6) is -2.20. The van der Waals surface area contributed by atoms with Gasteiger partial charge in [0.15, 0.2) is 0 Å². The number of hydrogen-bond acceptors (Lipinski definition) is 4. The van der Waals surface area contributed by atoms with Crippen LogP contribution in [0, 0.1) is 6.92 Å². The van der Waals surface area contributed by atoms with Gasteiger partial charge in [0.05, 0.1) is 7.11 Å². The average Bonchev–Trinajstić information content (AvgIpc) is 2.65. The van der Waals surface area contributed by atoms with Crippen molar-refractivity contribution in [1.82, 2.24) is 0 Å². The van der Waals surface area contributed by atoms with Crippen molar-refractivity contribution in [3.05, 3.63) is 65.2 Å². The molecule has 1 atom stereocenters. The quantitative estimate of drug-likeness (QED) is 0.826. The summed E-state index contributed by atoms with van der Waals surface area (Å²) in [6, 6.07) is 11.1. The van der Waals surface area contributed by atoms with Crippen LogP contribution in [0.3, 0.4) is 0 Å². The Balaban J connectivity index is 2.34. The van der Waals surface area contributed by atoms with E-state index in [1.807, 2.05) is 6.92 Å². The molecule has 0 heterocycles. The molecule has 0 radical (unpaired) electrons. The van der Waals surface area contributed by atoms with Gasteiger partial charge >= 0.3 is 12.1 Å². The van der Waals surface area contributed by atoms with Gasteiger partial charge in [0.1, 0.15) is 0 Å². The van der Waals surface area contributed by atoms with E-state index in [2.05, 4.69) is 4.74 Å². The molecule has 2 aromatic rings. The number of amides is 1. The Morgan fingerprint density at radius 2 is 1.52 bits per heavy atom. The molecule has 8 heteroatoms. The van der Waals surface area contributed by atoms with Gasteiger partial charge in [-0.1, -0.05) is 29.8 Å². The van der Waals surface area contributed by atoms with Crippen LogP contribution in [0.5, 0.6) is 0 Å². The fraction of sp³-hybridized carbons (Fsp3) is 0.263. The predicted octanol–water partition coefficient (Wildman–Crippen LogP) is 3.19. The van der Waals surface area contributed by atoms with Gasteiger partial charge in [0.2, 0.25) is 0 Å². The topological polar surface area (TPSA) is 66.8 Å². The number of aliphatic hydroxyl groups is 1. The molecule has 2 rings (SSSR count). The summed E-state index contributed by atoms with van der Waals surface area (Å²) in [4.78, 5) is 25.3. The lowest BCUT2D eigenvalue weighted by molar-refractivity contribution is -0.266. The highest BCUT2D eigenvalue weighted by molar-refractivity contribution is 6.05. The number of nitrogens with zero attached hydrogens (tertiary/aromatic N) is 1. The first-order valence-corrected chi connectivity index (χ1v) is 7.85. The van der Waals surface area contributed by atoms with Crippen molar-refractivity contribution in [3.8, 4) is 0 Å². The van der Waals surface area contributed by atoms with Crippen LogP contribution < -0.4 is 4.90 Å². The number of carbonyl (C=O) groups is 2. The van der Waals surface area contributed by atoms with Crippen LogP contribution in [0.25, 0.3) is 0 Å². The maximum Gasteiger partial charge on any atom is 0.432 e. The molecule has 0 saturated heterocycles. The number of anilines is 1. The number of ether oxygens (including phenoxy) is 1. The Bertz CT molecular complexity index is 832. The van der Waals surface area contributed by atoms with Gasteiger partial charge in [-0.05, 0) is 31.2 Å². The van der Waals surface area contributed by atoms with E-state index in [4.69, 9.17) is 0 Å². The third-order valence-corrected chi connectivity index (χ3v) is 4.17. The lowest BCUT2D eigenvalue weighted by Crippen LogP contribution is -2.49. The van der Waals surface area contributed by atoms with Gasteiger partial charge in [-0.3, -0.25) is 4.79 Å². The highest BCUT2D eigenvalue weighted by atomic mass is 19.4. The smallest absolute Gasteiger partial charge is 0.432 e. The molecule has 1 amide bonds. The largest absolute Gasteiger partial charge is 0.466 e. The first kappa shape index (κ1) is 20.4. The summed E-state index contributed by atoms with van der Waals surface area (Å²) in [5, 5.41) is 9.95. The van der Waals surface area contributed by atoms with E-state index >= 15 is 0 Å². The minimum atomic E-state index is -5.27. The molecule has 1 N–H and O–H groups in total. The van der Waals surface area contributed by atoms with Gasteiger partial charge < -0.3 is 14.7 Å². The summed E-state index contributed by atoms with van der Waals surface area (Å²) in [5.41, 5.74) is -2.82. The van der Waals surface area contributed by atoms with E-state index in [0.29, 0.717) is 11.3 Å². The van der Waals surface area contributed by atoms with Gasteiger partial charge in [0, 0.05) is 23.9 Å². The Hall–Kier alpha value is -2.87. The fourth-order valence-electron chi connectivity index (χ4n) is 2.48. The normalized spacial score (nSPS) is 13.6. The molecule has 144 valence electrons. The molecule has 0 saturated carbocycles. The zero-order valence-corrected chi connectivity index (χ0v) is 14.9. The second kappa shape index (κ2) is 7.40. The SMILES string of the molecule is COC(=O)[C@](O)(c1ccc(N(C)C(=O)c2ccc(C)cc2)cc1)C(F)(F)F. The van der Waals surface area contributed by atoms with E-state index in [9.17, 15) is 27.9 Å². The monoisotopic (exact) mass is 381 g/mol. The number of esters is 1. The van der Waals surface area contributed by atoms with Crippen molar-refractivity contribution >= 4 is 17.6 Å². The number of benzene rings is 2. The average molecular weight is 381 g/mol. The Labute approximate surface area is 154 Å². The third-order valence-electron chi connectivity index (χ3n) is 4.17. The van der Waals surface area contributed by atoms with Gasteiger partial charge in [-0.15, -0.1) is 0 Å².